The Kier molecular flexibility index (Phi) is 4.60. The molecule has 1 aromatic carbocycles. The lowest BCUT2D eigenvalue weighted by Gasteiger charge is -2.32. The van der Waals surface area contributed by atoms with E-state index < -0.39 is 0 Å². The molecule has 0 aliphatic carbocycles. The van der Waals surface area contributed by atoms with Crippen molar-refractivity contribution >= 4 is 7.12 Å². The molecule has 2 nitrogen and oxygen atoms in total. The van der Waals surface area contributed by atoms with E-state index in [2.05, 4.69) is 65.0 Å². The normalized spacial score (nSPS) is 21.9. The lowest BCUT2D eigenvalue weighted by molar-refractivity contribution is 0.00578. The van der Waals surface area contributed by atoms with Crippen LogP contribution in [0.25, 0.3) is 0 Å². The van der Waals surface area contributed by atoms with E-state index in [0.717, 1.165) is 12.7 Å². The highest BCUT2D eigenvalue weighted by Gasteiger charge is 2.50. The highest BCUT2D eigenvalue weighted by molar-refractivity contribution is 6.45. The minimum absolute atomic E-state index is 0.0641. The van der Waals surface area contributed by atoms with Crippen LogP contribution in [-0.2, 0) is 15.7 Å². The molecular weight excluding hydrogens is 247 g/mol. The summed E-state index contributed by atoms with van der Waals surface area (Å²) >= 11 is 0. The van der Waals surface area contributed by atoms with Gasteiger partial charge in [-0.25, -0.2) is 0 Å². The maximum Gasteiger partial charge on any atom is 0.458 e. The van der Waals surface area contributed by atoms with E-state index in [1.807, 2.05) is 0 Å². The Labute approximate surface area is 124 Å². The average Bonchev–Trinajstić information content (AvgIpc) is 2.56. The van der Waals surface area contributed by atoms with Crippen LogP contribution in [0.15, 0.2) is 30.3 Å². The number of hydrogen-bond acceptors (Lipinski definition) is 2. The van der Waals surface area contributed by atoms with Crippen molar-refractivity contribution in [1.82, 2.24) is 0 Å². The summed E-state index contributed by atoms with van der Waals surface area (Å²) < 4.78 is 12.1. The zero-order chi connectivity index (χ0) is 14.8. The number of benzene rings is 1. The smallest absolute Gasteiger partial charge is 0.403 e. The summed E-state index contributed by atoms with van der Waals surface area (Å²) in [4.78, 5) is 0. The molecule has 0 bridgehead atoms. The van der Waals surface area contributed by atoms with Crippen molar-refractivity contribution in [3.8, 4) is 0 Å². The third-order valence-electron chi connectivity index (χ3n) is 4.67. The molecule has 2 rings (SSSR count). The monoisotopic (exact) mass is 274 g/mol. The van der Waals surface area contributed by atoms with Crippen molar-refractivity contribution in [3.05, 3.63) is 35.9 Å². The van der Waals surface area contributed by atoms with Crippen LogP contribution in [0.4, 0.5) is 0 Å². The Morgan fingerprint density at radius 2 is 1.55 bits per heavy atom. The van der Waals surface area contributed by atoms with Crippen LogP contribution in [0.3, 0.4) is 0 Å². The third-order valence-corrected chi connectivity index (χ3v) is 4.67. The van der Waals surface area contributed by atoms with Gasteiger partial charge in [-0.1, -0.05) is 37.3 Å². The highest BCUT2D eigenvalue weighted by Crippen LogP contribution is 2.38. The van der Waals surface area contributed by atoms with Gasteiger partial charge in [-0.3, -0.25) is 0 Å². The molecule has 0 spiro atoms. The second-order valence-corrected chi connectivity index (χ2v) is 7.05. The van der Waals surface area contributed by atoms with Crippen LogP contribution in [-0.4, -0.2) is 18.3 Å². The fraction of sp³-hybridized carbons (Fsp3) is 0.647. The number of rotatable bonds is 5. The molecule has 1 aromatic rings. The van der Waals surface area contributed by atoms with Gasteiger partial charge in [0.1, 0.15) is 0 Å². The fourth-order valence-electron chi connectivity index (χ4n) is 2.57. The first kappa shape index (κ1) is 15.6. The molecule has 0 aromatic heterocycles. The summed E-state index contributed by atoms with van der Waals surface area (Å²) in [6.45, 7) is 10.7. The lowest BCUT2D eigenvalue weighted by atomic mass is 9.76. The van der Waals surface area contributed by atoms with Crippen LogP contribution >= 0.6 is 0 Å². The predicted molar refractivity (Wildman–Crippen MR) is 84.8 cm³/mol. The molecule has 110 valence electrons. The minimum Gasteiger partial charge on any atom is -0.403 e. The molecule has 1 atom stereocenters. The molecule has 0 N–H and O–H groups in total. The average molecular weight is 274 g/mol. The zero-order valence-corrected chi connectivity index (χ0v) is 13.5. The maximum absolute atomic E-state index is 6.06. The lowest BCUT2D eigenvalue weighted by Crippen LogP contribution is -2.41. The number of hydrogen-bond donors (Lipinski definition) is 0. The molecule has 0 unspecified atom stereocenters. The third kappa shape index (κ3) is 3.65. The molecule has 0 radical (unpaired) electrons. The van der Waals surface area contributed by atoms with Gasteiger partial charge in [0.2, 0.25) is 0 Å². The molecule has 20 heavy (non-hydrogen) atoms. The maximum atomic E-state index is 6.06. The van der Waals surface area contributed by atoms with Gasteiger partial charge < -0.3 is 9.31 Å². The minimum atomic E-state index is -0.211. The molecular formula is C17H27BO2. The Morgan fingerprint density at radius 1 is 1.00 bits per heavy atom. The second kappa shape index (κ2) is 5.91. The van der Waals surface area contributed by atoms with Gasteiger partial charge >= 0.3 is 7.12 Å². The molecule has 1 heterocycles. The second-order valence-electron chi connectivity index (χ2n) is 7.05. The molecule has 1 saturated heterocycles. The van der Waals surface area contributed by atoms with Gasteiger partial charge in [-0.15, -0.1) is 0 Å². The van der Waals surface area contributed by atoms with Crippen LogP contribution in [0.5, 0.6) is 0 Å². The zero-order valence-electron chi connectivity index (χ0n) is 13.5. The van der Waals surface area contributed by atoms with E-state index in [0.29, 0.717) is 5.92 Å². The van der Waals surface area contributed by atoms with Crippen molar-refractivity contribution in [2.24, 2.45) is 5.92 Å². The van der Waals surface area contributed by atoms with Crippen LogP contribution in [0.1, 0.15) is 46.6 Å². The van der Waals surface area contributed by atoms with Gasteiger partial charge in [0.05, 0.1) is 11.2 Å². The fourth-order valence-corrected chi connectivity index (χ4v) is 2.57. The van der Waals surface area contributed by atoms with Crippen molar-refractivity contribution in [1.29, 1.82) is 0 Å². The van der Waals surface area contributed by atoms with Gasteiger partial charge in [0.25, 0.3) is 0 Å². The summed E-state index contributed by atoms with van der Waals surface area (Å²) in [5.74, 6) is 0.602. The van der Waals surface area contributed by atoms with E-state index in [4.69, 9.17) is 9.31 Å². The molecule has 0 saturated carbocycles. The van der Waals surface area contributed by atoms with Crippen LogP contribution in [0.2, 0.25) is 6.32 Å². The van der Waals surface area contributed by atoms with E-state index >= 15 is 0 Å². The van der Waals surface area contributed by atoms with Crippen molar-refractivity contribution in [2.75, 3.05) is 0 Å². The number of aryl methyl sites for hydroxylation is 1. The predicted octanol–water partition coefficient (Wildman–Crippen LogP) is 4.35. The Bertz CT molecular complexity index is 412. The van der Waals surface area contributed by atoms with Crippen LogP contribution in [0, 0.1) is 5.92 Å². The van der Waals surface area contributed by atoms with E-state index in [9.17, 15) is 0 Å². The SMILES string of the molecule is C[C@H](CCc1ccccc1)CB1OC(C)(C)C(C)(C)O1. The van der Waals surface area contributed by atoms with Crippen LogP contribution < -0.4 is 0 Å². The van der Waals surface area contributed by atoms with E-state index in [1.165, 1.54) is 12.0 Å². The van der Waals surface area contributed by atoms with Gasteiger partial charge in [0.15, 0.2) is 0 Å². The summed E-state index contributed by atoms with van der Waals surface area (Å²) in [6, 6.07) is 10.7. The van der Waals surface area contributed by atoms with Crippen molar-refractivity contribution in [2.45, 2.75) is 65.0 Å². The van der Waals surface area contributed by atoms with Gasteiger partial charge in [-0.2, -0.15) is 0 Å². The largest absolute Gasteiger partial charge is 0.458 e. The van der Waals surface area contributed by atoms with Crippen molar-refractivity contribution in [3.63, 3.8) is 0 Å². The Morgan fingerprint density at radius 3 is 2.10 bits per heavy atom. The highest BCUT2D eigenvalue weighted by atomic mass is 16.7. The summed E-state index contributed by atoms with van der Waals surface area (Å²) in [5.41, 5.74) is 0.987. The summed E-state index contributed by atoms with van der Waals surface area (Å²) in [5, 5.41) is 0. The van der Waals surface area contributed by atoms with Crippen molar-refractivity contribution < 1.29 is 9.31 Å². The summed E-state index contributed by atoms with van der Waals surface area (Å²) in [7, 11) is -0.0641. The standard InChI is InChI=1S/C17H27BO2/c1-14(11-12-15-9-7-6-8-10-15)13-18-19-16(2,3)17(4,5)20-18/h6-10,14H,11-13H2,1-5H3/t14-/m1/s1. The molecule has 1 aliphatic rings. The Hall–Kier alpha value is -0.795. The molecule has 0 amide bonds. The van der Waals surface area contributed by atoms with Gasteiger partial charge in [0, 0.05) is 0 Å². The van der Waals surface area contributed by atoms with E-state index in [-0.39, 0.29) is 18.3 Å². The quantitative estimate of drug-likeness (QED) is 0.743. The van der Waals surface area contributed by atoms with E-state index in [1.54, 1.807) is 0 Å². The molecule has 1 fully saturated rings. The van der Waals surface area contributed by atoms with Gasteiger partial charge in [-0.05, 0) is 58.3 Å². The first-order chi connectivity index (χ1) is 9.30. The molecule has 3 heteroatoms. The topological polar surface area (TPSA) is 18.5 Å². The first-order valence-corrected chi connectivity index (χ1v) is 7.70. The Balaban J connectivity index is 1.80. The summed E-state index contributed by atoms with van der Waals surface area (Å²) in [6.07, 6.45) is 3.27. The first-order valence-electron chi connectivity index (χ1n) is 7.70. The molecule has 1 aliphatic heterocycles.